The average molecular weight is 324 g/mol. The van der Waals surface area contributed by atoms with Crippen LogP contribution in [0.3, 0.4) is 0 Å². The van der Waals surface area contributed by atoms with Crippen LogP contribution in [-0.2, 0) is 0 Å². The first-order valence-corrected chi connectivity index (χ1v) is 7.46. The van der Waals surface area contributed by atoms with Crippen molar-refractivity contribution >= 4 is 23.2 Å². The van der Waals surface area contributed by atoms with Gasteiger partial charge in [0.1, 0.15) is 13.2 Å². The molecule has 1 unspecified atom stereocenters. The minimum absolute atomic E-state index is 0.0365. The van der Waals surface area contributed by atoms with Gasteiger partial charge in [0, 0.05) is 10.0 Å². The molecule has 3 nitrogen and oxygen atoms in total. The van der Waals surface area contributed by atoms with Crippen molar-refractivity contribution < 1.29 is 9.47 Å². The molecule has 110 valence electrons. The van der Waals surface area contributed by atoms with E-state index in [0.717, 1.165) is 22.6 Å². The molecule has 1 aliphatic heterocycles. The Morgan fingerprint density at radius 1 is 1.00 bits per heavy atom. The maximum absolute atomic E-state index is 6.32. The van der Waals surface area contributed by atoms with Gasteiger partial charge in [-0.05, 0) is 42.4 Å². The largest absolute Gasteiger partial charge is 0.486 e. The second-order valence-corrected chi connectivity index (χ2v) is 5.63. The van der Waals surface area contributed by atoms with Crippen LogP contribution < -0.4 is 14.8 Å². The topological polar surface area (TPSA) is 30.5 Å². The summed E-state index contributed by atoms with van der Waals surface area (Å²) in [7, 11) is 1.90. The summed E-state index contributed by atoms with van der Waals surface area (Å²) in [6.45, 7) is 1.16. The normalized spacial score (nSPS) is 14.8. The number of benzene rings is 2. The molecule has 3 rings (SSSR count). The quantitative estimate of drug-likeness (QED) is 0.923. The van der Waals surface area contributed by atoms with Crippen LogP contribution in [0.4, 0.5) is 0 Å². The Kier molecular flexibility index (Phi) is 4.24. The fraction of sp³-hybridized carbons (Fsp3) is 0.250. The van der Waals surface area contributed by atoms with Crippen molar-refractivity contribution in [3.8, 4) is 11.5 Å². The summed E-state index contributed by atoms with van der Waals surface area (Å²) in [6, 6.07) is 11.4. The van der Waals surface area contributed by atoms with E-state index in [9.17, 15) is 0 Å². The second-order valence-electron chi connectivity index (χ2n) is 4.79. The van der Waals surface area contributed by atoms with E-state index >= 15 is 0 Å². The molecule has 0 saturated carbocycles. The Morgan fingerprint density at radius 2 is 1.76 bits per heavy atom. The first-order chi connectivity index (χ1) is 10.2. The van der Waals surface area contributed by atoms with E-state index in [2.05, 4.69) is 5.32 Å². The third-order valence-corrected chi connectivity index (χ3v) is 4.02. The standard InChI is InChI=1S/C16H15Cl2NO2/c1-19-16(12-4-3-11(17)9-13(12)18)10-2-5-14-15(8-10)21-7-6-20-14/h2-5,8-9,16,19H,6-7H2,1H3. The monoisotopic (exact) mass is 323 g/mol. The lowest BCUT2D eigenvalue weighted by Gasteiger charge is -2.23. The van der Waals surface area contributed by atoms with E-state index in [1.54, 1.807) is 6.07 Å². The zero-order chi connectivity index (χ0) is 14.8. The number of rotatable bonds is 3. The van der Waals surface area contributed by atoms with Crippen molar-refractivity contribution in [3.05, 3.63) is 57.6 Å². The summed E-state index contributed by atoms with van der Waals surface area (Å²) >= 11 is 12.3. The molecule has 1 N–H and O–H groups in total. The number of halogens is 2. The van der Waals surface area contributed by atoms with Gasteiger partial charge in [-0.25, -0.2) is 0 Å². The zero-order valence-corrected chi connectivity index (χ0v) is 13.0. The van der Waals surface area contributed by atoms with Crippen LogP contribution in [-0.4, -0.2) is 20.3 Å². The Bertz CT molecular complexity index is 661. The number of fused-ring (bicyclic) bond motifs is 1. The lowest BCUT2D eigenvalue weighted by molar-refractivity contribution is 0.171. The summed E-state index contributed by atoms with van der Waals surface area (Å²) in [5.41, 5.74) is 2.03. The predicted octanol–water partition coefficient (Wildman–Crippen LogP) is 4.07. The van der Waals surface area contributed by atoms with Crippen LogP contribution in [0.1, 0.15) is 17.2 Å². The first kappa shape index (κ1) is 14.5. The molecule has 5 heteroatoms. The summed E-state index contributed by atoms with van der Waals surface area (Å²) in [6.07, 6.45) is 0. The van der Waals surface area contributed by atoms with Crippen LogP contribution in [0.15, 0.2) is 36.4 Å². The van der Waals surface area contributed by atoms with E-state index < -0.39 is 0 Å². The smallest absolute Gasteiger partial charge is 0.161 e. The van der Waals surface area contributed by atoms with Gasteiger partial charge in [-0.2, -0.15) is 0 Å². The predicted molar refractivity (Wildman–Crippen MR) is 84.8 cm³/mol. The molecule has 0 spiro atoms. The molecule has 0 amide bonds. The third-order valence-electron chi connectivity index (χ3n) is 3.46. The van der Waals surface area contributed by atoms with E-state index in [0.29, 0.717) is 23.3 Å². The molecule has 0 fully saturated rings. The molecule has 2 aromatic carbocycles. The number of ether oxygens (including phenoxy) is 2. The van der Waals surface area contributed by atoms with Gasteiger partial charge < -0.3 is 14.8 Å². The number of hydrogen-bond acceptors (Lipinski definition) is 3. The fourth-order valence-corrected chi connectivity index (χ4v) is 2.99. The van der Waals surface area contributed by atoms with Gasteiger partial charge in [0.25, 0.3) is 0 Å². The maximum atomic E-state index is 6.32. The Labute approximate surface area is 133 Å². The van der Waals surface area contributed by atoms with Gasteiger partial charge in [0.2, 0.25) is 0 Å². The highest BCUT2D eigenvalue weighted by Gasteiger charge is 2.19. The van der Waals surface area contributed by atoms with Crippen molar-refractivity contribution in [3.63, 3.8) is 0 Å². The van der Waals surface area contributed by atoms with E-state index in [1.165, 1.54) is 0 Å². The van der Waals surface area contributed by atoms with Crippen LogP contribution in [0, 0.1) is 0 Å². The van der Waals surface area contributed by atoms with Crippen molar-refractivity contribution in [2.24, 2.45) is 0 Å². The van der Waals surface area contributed by atoms with Crippen LogP contribution in [0.25, 0.3) is 0 Å². The lowest BCUT2D eigenvalue weighted by Crippen LogP contribution is -2.19. The molecular formula is C16H15Cl2NO2. The van der Waals surface area contributed by atoms with Crippen molar-refractivity contribution in [2.45, 2.75) is 6.04 Å². The van der Waals surface area contributed by atoms with Crippen molar-refractivity contribution in [2.75, 3.05) is 20.3 Å². The molecule has 1 aliphatic rings. The fourth-order valence-electron chi connectivity index (χ4n) is 2.48. The third kappa shape index (κ3) is 2.95. The molecule has 1 atom stereocenters. The Hall–Kier alpha value is -1.42. The highest BCUT2D eigenvalue weighted by Crippen LogP contribution is 2.36. The van der Waals surface area contributed by atoms with Crippen LogP contribution >= 0.6 is 23.2 Å². The van der Waals surface area contributed by atoms with E-state index in [4.69, 9.17) is 32.7 Å². The summed E-state index contributed by atoms with van der Waals surface area (Å²) in [5, 5.41) is 4.54. The molecule has 0 saturated heterocycles. The van der Waals surface area contributed by atoms with Crippen molar-refractivity contribution in [1.82, 2.24) is 5.32 Å². The minimum Gasteiger partial charge on any atom is -0.486 e. The summed E-state index contributed by atoms with van der Waals surface area (Å²) in [4.78, 5) is 0. The Morgan fingerprint density at radius 3 is 2.48 bits per heavy atom. The number of nitrogens with one attached hydrogen (secondary N) is 1. The average Bonchev–Trinajstić information content (AvgIpc) is 2.50. The SMILES string of the molecule is CNC(c1ccc2c(c1)OCCO2)c1ccc(Cl)cc1Cl. The Balaban J connectivity index is 1.99. The van der Waals surface area contributed by atoms with Crippen molar-refractivity contribution in [1.29, 1.82) is 0 Å². The van der Waals surface area contributed by atoms with Gasteiger partial charge >= 0.3 is 0 Å². The van der Waals surface area contributed by atoms with Gasteiger partial charge in [-0.15, -0.1) is 0 Å². The second kappa shape index (κ2) is 6.14. The summed E-state index contributed by atoms with van der Waals surface area (Å²) < 4.78 is 11.2. The molecule has 21 heavy (non-hydrogen) atoms. The molecule has 0 radical (unpaired) electrons. The molecule has 2 aromatic rings. The molecule has 0 aliphatic carbocycles. The highest BCUT2D eigenvalue weighted by molar-refractivity contribution is 6.35. The highest BCUT2D eigenvalue weighted by atomic mass is 35.5. The summed E-state index contributed by atoms with van der Waals surface area (Å²) in [5.74, 6) is 1.55. The molecule has 1 heterocycles. The lowest BCUT2D eigenvalue weighted by atomic mass is 9.98. The molecule has 0 aromatic heterocycles. The number of hydrogen-bond donors (Lipinski definition) is 1. The van der Waals surface area contributed by atoms with E-state index in [1.807, 2.05) is 37.4 Å². The van der Waals surface area contributed by atoms with Crippen LogP contribution in [0.5, 0.6) is 11.5 Å². The van der Waals surface area contributed by atoms with Gasteiger partial charge in [0.05, 0.1) is 6.04 Å². The van der Waals surface area contributed by atoms with Gasteiger partial charge in [0.15, 0.2) is 11.5 Å². The van der Waals surface area contributed by atoms with Gasteiger partial charge in [-0.3, -0.25) is 0 Å². The van der Waals surface area contributed by atoms with E-state index in [-0.39, 0.29) is 6.04 Å². The maximum Gasteiger partial charge on any atom is 0.161 e. The minimum atomic E-state index is -0.0365. The first-order valence-electron chi connectivity index (χ1n) is 6.71. The van der Waals surface area contributed by atoms with Crippen LogP contribution in [0.2, 0.25) is 10.0 Å². The molecular weight excluding hydrogens is 309 g/mol. The van der Waals surface area contributed by atoms with Gasteiger partial charge in [-0.1, -0.05) is 35.3 Å². The molecule has 0 bridgehead atoms. The zero-order valence-electron chi connectivity index (χ0n) is 11.5.